The van der Waals surface area contributed by atoms with Gasteiger partial charge in [0.25, 0.3) is 10.0 Å². The Labute approximate surface area is 135 Å². The monoisotopic (exact) mass is 336 g/mol. The van der Waals surface area contributed by atoms with Gasteiger partial charge in [0, 0.05) is 33.9 Å². The lowest BCUT2D eigenvalue weighted by molar-refractivity contribution is 0.388. The van der Waals surface area contributed by atoms with Gasteiger partial charge in [-0.2, -0.15) is 4.31 Å². The molecule has 0 aliphatic carbocycles. The number of aromatic nitrogens is 4. The van der Waals surface area contributed by atoms with Gasteiger partial charge in [-0.05, 0) is 12.8 Å². The van der Waals surface area contributed by atoms with E-state index < -0.39 is 10.0 Å². The van der Waals surface area contributed by atoms with Crippen molar-refractivity contribution in [2.45, 2.75) is 23.9 Å². The lowest BCUT2D eigenvalue weighted by atomic mass is 10.2. The second kappa shape index (κ2) is 5.89. The maximum Gasteiger partial charge on any atom is 0.262 e. The molecule has 23 heavy (non-hydrogen) atoms. The summed E-state index contributed by atoms with van der Waals surface area (Å²) in [7, 11) is 1.88. The van der Waals surface area contributed by atoms with Crippen LogP contribution >= 0.6 is 0 Å². The number of hydrogen-bond donors (Lipinski definition) is 0. The van der Waals surface area contributed by atoms with Crippen molar-refractivity contribution in [3.05, 3.63) is 30.6 Å². The minimum atomic E-state index is -3.63. The second-order valence-electron chi connectivity index (χ2n) is 5.85. The van der Waals surface area contributed by atoms with E-state index in [-0.39, 0.29) is 11.1 Å². The van der Waals surface area contributed by atoms with Crippen molar-refractivity contribution in [1.82, 2.24) is 23.8 Å². The third-order valence-electron chi connectivity index (χ3n) is 3.90. The Morgan fingerprint density at radius 1 is 1.30 bits per heavy atom. The molecule has 1 aliphatic heterocycles. The summed E-state index contributed by atoms with van der Waals surface area (Å²) in [6.07, 6.45) is 7.85. The summed E-state index contributed by atoms with van der Waals surface area (Å²) < 4.78 is 28.8. The van der Waals surface area contributed by atoms with Crippen molar-refractivity contribution >= 4 is 15.8 Å². The van der Waals surface area contributed by atoms with Gasteiger partial charge in [0.05, 0.1) is 30.5 Å². The van der Waals surface area contributed by atoms with Crippen LogP contribution in [0.25, 0.3) is 0 Å². The number of hydrogen-bond acceptors (Lipinski definition) is 6. The Morgan fingerprint density at radius 3 is 2.74 bits per heavy atom. The molecule has 0 spiro atoms. The van der Waals surface area contributed by atoms with E-state index in [9.17, 15) is 8.42 Å². The average molecular weight is 336 g/mol. The van der Waals surface area contributed by atoms with Gasteiger partial charge in [-0.1, -0.05) is 0 Å². The lowest BCUT2D eigenvalue weighted by Gasteiger charge is -2.23. The molecule has 8 nitrogen and oxygen atoms in total. The van der Waals surface area contributed by atoms with Crippen LogP contribution in [-0.4, -0.2) is 52.9 Å². The van der Waals surface area contributed by atoms with Crippen LogP contribution in [0.2, 0.25) is 0 Å². The molecule has 1 aliphatic rings. The molecule has 0 bridgehead atoms. The molecule has 124 valence electrons. The van der Waals surface area contributed by atoms with Crippen LogP contribution in [0.15, 0.2) is 29.9 Å². The van der Waals surface area contributed by atoms with E-state index >= 15 is 0 Å². The van der Waals surface area contributed by atoms with E-state index in [0.717, 1.165) is 12.8 Å². The molecule has 0 radical (unpaired) electrons. The number of sulfonamides is 1. The SMILES string of the molecule is CN(C)c1cncc([C@@H]2CCCN2S(=O)(=O)c2cn(C)cn2)n1. The molecule has 1 saturated heterocycles. The second-order valence-corrected chi connectivity index (χ2v) is 7.69. The largest absolute Gasteiger partial charge is 0.361 e. The maximum absolute atomic E-state index is 12.8. The number of anilines is 1. The van der Waals surface area contributed by atoms with Crippen molar-refractivity contribution in [2.24, 2.45) is 7.05 Å². The average Bonchev–Trinajstić information content (AvgIpc) is 3.16. The lowest BCUT2D eigenvalue weighted by Crippen LogP contribution is -2.31. The van der Waals surface area contributed by atoms with Gasteiger partial charge >= 0.3 is 0 Å². The van der Waals surface area contributed by atoms with Gasteiger partial charge in [0.1, 0.15) is 5.82 Å². The first kappa shape index (κ1) is 15.9. The molecule has 3 heterocycles. The Bertz CT molecular complexity index is 801. The van der Waals surface area contributed by atoms with Gasteiger partial charge < -0.3 is 9.47 Å². The molecule has 0 N–H and O–H groups in total. The van der Waals surface area contributed by atoms with Crippen LogP contribution in [0.5, 0.6) is 0 Å². The highest BCUT2D eigenvalue weighted by atomic mass is 32.2. The molecular weight excluding hydrogens is 316 g/mol. The fraction of sp³-hybridized carbons (Fsp3) is 0.500. The molecule has 0 amide bonds. The Kier molecular flexibility index (Phi) is 4.07. The fourth-order valence-electron chi connectivity index (χ4n) is 2.71. The molecule has 1 fully saturated rings. The molecule has 9 heteroatoms. The summed E-state index contributed by atoms with van der Waals surface area (Å²) in [5.74, 6) is 0.713. The summed E-state index contributed by atoms with van der Waals surface area (Å²) >= 11 is 0. The van der Waals surface area contributed by atoms with Gasteiger partial charge in [-0.3, -0.25) is 4.98 Å². The normalized spacial score (nSPS) is 19.2. The molecule has 1 atom stereocenters. The summed E-state index contributed by atoms with van der Waals surface area (Å²) in [5.41, 5.74) is 0.674. The number of aryl methyl sites for hydroxylation is 1. The third-order valence-corrected chi connectivity index (χ3v) is 5.69. The van der Waals surface area contributed by atoms with Gasteiger partial charge in [0.15, 0.2) is 5.03 Å². The predicted octanol–water partition coefficient (Wildman–Crippen LogP) is 0.802. The van der Waals surface area contributed by atoms with E-state index in [4.69, 9.17) is 0 Å². The summed E-state index contributed by atoms with van der Waals surface area (Å²) in [6, 6.07) is -0.297. The quantitative estimate of drug-likeness (QED) is 0.821. The van der Waals surface area contributed by atoms with Crippen LogP contribution in [0.4, 0.5) is 5.82 Å². The Balaban J connectivity index is 1.96. The zero-order chi connectivity index (χ0) is 16.6. The topological polar surface area (TPSA) is 84.2 Å². The summed E-state index contributed by atoms with van der Waals surface area (Å²) in [4.78, 5) is 14.6. The van der Waals surface area contributed by atoms with Gasteiger partial charge in [0.2, 0.25) is 0 Å². The van der Waals surface area contributed by atoms with Crippen molar-refractivity contribution in [3.63, 3.8) is 0 Å². The summed E-state index contributed by atoms with van der Waals surface area (Å²) in [6.45, 7) is 0.470. The molecule has 2 aromatic rings. The Hall–Kier alpha value is -2.00. The zero-order valence-electron chi connectivity index (χ0n) is 13.4. The first-order chi connectivity index (χ1) is 10.9. The molecule has 0 unspecified atom stereocenters. The van der Waals surface area contributed by atoms with E-state index in [1.165, 1.54) is 16.8 Å². The Morgan fingerprint density at radius 2 is 2.09 bits per heavy atom. The van der Waals surface area contributed by atoms with Crippen molar-refractivity contribution in [1.29, 1.82) is 0 Å². The first-order valence-corrected chi connectivity index (χ1v) is 8.82. The molecule has 0 saturated carbocycles. The predicted molar refractivity (Wildman–Crippen MR) is 85.4 cm³/mol. The van der Waals surface area contributed by atoms with E-state index in [1.807, 2.05) is 19.0 Å². The van der Waals surface area contributed by atoms with Crippen molar-refractivity contribution in [3.8, 4) is 0 Å². The zero-order valence-corrected chi connectivity index (χ0v) is 14.2. The van der Waals surface area contributed by atoms with Crippen LogP contribution < -0.4 is 4.90 Å². The standard InChI is InChI=1S/C14H20N6O2S/c1-18(2)13-8-15-7-11(17-13)12-5-4-6-20(12)23(21,22)14-9-19(3)10-16-14/h7-10,12H,4-6H2,1-3H3/t12-/m0/s1. The maximum atomic E-state index is 12.8. The van der Waals surface area contributed by atoms with Gasteiger partial charge in [-0.15, -0.1) is 0 Å². The molecule has 2 aromatic heterocycles. The van der Waals surface area contributed by atoms with Crippen molar-refractivity contribution < 1.29 is 8.42 Å². The molecule has 0 aromatic carbocycles. The number of rotatable bonds is 4. The smallest absolute Gasteiger partial charge is 0.262 e. The minimum Gasteiger partial charge on any atom is -0.361 e. The molecule has 3 rings (SSSR count). The van der Waals surface area contributed by atoms with Gasteiger partial charge in [-0.25, -0.2) is 18.4 Å². The highest BCUT2D eigenvalue weighted by Crippen LogP contribution is 2.35. The molecular formula is C14H20N6O2S. The number of imidazole rings is 1. The highest BCUT2D eigenvalue weighted by Gasteiger charge is 2.38. The van der Waals surface area contributed by atoms with Crippen LogP contribution in [0, 0.1) is 0 Å². The number of nitrogens with zero attached hydrogens (tertiary/aromatic N) is 6. The third kappa shape index (κ3) is 2.93. The van der Waals surface area contributed by atoms with E-state index in [1.54, 1.807) is 24.0 Å². The fourth-order valence-corrected chi connectivity index (χ4v) is 4.35. The van der Waals surface area contributed by atoms with Crippen LogP contribution in [0.1, 0.15) is 24.6 Å². The van der Waals surface area contributed by atoms with Crippen molar-refractivity contribution in [2.75, 3.05) is 25.5 Å². The first-order valence-electron chi connectivity index (χ1n) is 7.38. The minimum absolute atomic E-state index is 0.0728. The van der Waals surface area contributed by atoms with E-state index in [0.29, 0.717) is 18.1 Å². The highest BCUT2D eigenvalue weighted by molar-refractivity contribution is 7.89. The van der Waals surface area contributed by atoms with Crippen LogP contribution in [-0.2, 0) is 17.1 Å². The van der Waals surface area contributed by atoms with E-state index in [2.05, 4.69) is 15.0 Å². The summed E-state index contributed by atoms with van der Waals surface area (Å²) in [5, 5.41) is 0.0728. The van der Waals surface area contributed by atoms with Crippen LogP contribution in [0.3, 0.4) is 0 Å².